The van der Waals surface area contributed by atoms with Gasteiger partial charge in [0, 0.05) is 29.5 Å². The molecular weight excluding hydrogens is 514 g/mol. The maximum atomic E-state index is 13.7. The number of esters is 2. The number of aromatic nitrogens is 2. The second-order valence-electron chi connectivity index (χ2n) is 10.1. The molecule has 0 saturated heterocycles. The Labute approximate surface area is 230 Å². The molecule has 0 fully saturated rings. The van der Waals surface area contributed by atoms with Crippen molar-refractivity contribution in [3.05, 3.63) is 63.4 Å². The third kappa shape index (κ3) is 4.75. The van der Waals surface area contributed by atoms with Crippen LogP contribution in [0.2, 0.25) is 0 Å². The molecule has 2 aliphatic rings. The van der Waals surface area contributed by atoms with E-state index < -0.39 is 29.5 Å². The van der Waals surface area contributed by atoms with Gasteiger partial charge in [0.1, 0.15) is 12.6 Å². The highest BCUT2D eigenvalue weighted by Gasteiger charge is 2.51. The number of rotatable bonds is 10. The molecule has 0 spiro atoms. The van der Waals surface area contributed by atoms with Gasteiger partial charge in [0.25, 0.3) is 5.56 Å². The van der Waals surface area contributed by atoms with Crippen molar-refractivity contribution in [3.63, 3.8) is 0 Å². The van der Waals surface area contributed by atoms with Gasteiger partial charge in [-0.05, 0) is 50.4 Å². The second-order valence-corrected chi connectivity index (χ2v) is 10.1. The zero-order valence-electron chi connectivity index (χ0n) is 22.4. The van der Waals surface area contributed by atoms with E-state index in [1.165, 1.54) is 0 Å². The first-order valence-electron chi connectivity index (χ1n) is 13.6. The number of nitrogens with zero attached hydrogens (tertiary/aromatic N) is 2. The van der Waals surface area contributed by atoms with Gasteiger partial charge in [0.2, 0.25) is 11.5 Å². The van der Waals surface area contributed by atoms with Crippen LogP contribution in [0, 0.1) is 0 Å². The molecule has 210 valence electrons. The van der Waals surface area contributed by atoms with Crippen LogP contribution in [-0.4, -0.2) is 46.5 Å². The fourth-order valence-electron chi connectivity index (χ4n) is 5.46. The topological polar surface area (TPSA) is 169 Å². The van der Waals surface area contributed by atoms with E-state index in [1.807, 2.05) is 30.3 Å². The standard InChI is InChI=1S/C29H33N5O6/c1-2-29(40-27(37)22(9-5-6-11-30)32-24(35)10-12-31)20-14-23-25-18(13-17-7-3-4-8-21(17)33-25)15-34(23)26(36)19(20)16-39-28(29)38/h3-4,7-8,13-14,22H,2,5-6,9-12,15-16,30-31H2,1H3,(H,32,35)/t22-,29-/m0/s1. The summed E-state index contributed by atoms with van der Waals surface area (Å²) in [5.74, 6) is -1.96. The molecule has 0 bridgehead atoms. The van der Waals surface area contributed by atoms with Gasteiger partial charge in [-0.3, -0.25) is 9.59 Å². The first-order valence-corrected chi connectivity index (χ1v) is 13.6. The average molecular weight is 548 g/mol. The van der Waals surface area contributed by atoms with E-state index in [4.69, 9.17) is 25.9 Å². The SMILES string of the molecule is CC[C@@]1(OC(=O)[C@H](CCCCN)NC(=O)CCN)C(=O)OCc2c1cc1n(c2=O)Cc2cc3ccccc3nc2-1. The highest BCUT2D eigenvalue weighted by molar-refractivity contribution is 5.90. The fourth-order valence-corrected chi connectivity index (χ4v) is 5.46. The minimum atomic E-state index is -1.86. The van der Waals surface area contributed by atoms with Crippen molar-refractivity contribution in [2.75, 3.05) is 13.1 Å². The van der Waals surface area contributed by atoms with Gasteiger partial charge in [-0.15, -0.1) is 0 Å². The Kier molecular flexibility index (Phi) is 7.68. The summed E-state index contributed by atoms with van der Waals surface area (Å²) < 4.78 is 13.0. The Hall–Kier alpha value is -4.09. The van der Waals surface area contributed by atoms with E-state index in [9.17, 15) is 19.2 Å². The van der Waals surface area contributed by atoms with Crippen molar-refractivity contribution < 1.29 is 23.9 Å². The number of unbranched alkanes of at least 4 members (excludes halogenated alkanes) is 1. The molecular formula is C29H33N5O6. The van der Waals surface area contributed by atoms with E-state index in [0.717, 1.165) is 16.5 Å². The van der Waals surface area contributed by atoms with Crippen molar-refractivity contribution in [1.82, 2.24) is 14.9 Å². The number of nitrogens with one attached hydrogen (secondary N) is 1. The number of fused-ring (bicyclic) bond motifs is 5. The number of ether oxygens (including phenoxy) is 2. The predicted octanol–water partition coefficient (Wildman–Crippen LogP) is 1.59. The maximum absolute atomic E-state index is 13.7. The molecule has 0 unspecified atom stereocenters. The van der Waals surface area contributed by atoms with E-state index in [-0.39, 0.29) is 49.1 Å². The molecule has 2 aromatic heterocycles. The molecule has 2 atom stereocenters. The molecule has 11 nitrogen and oxygen atoms in total. The summed E-state index contributed by atoms with van der Waals surface area (Å²) in [6.07, 6.45) is 1.53. The number of hydrogen-bond acceptors (Lipinski definition) is 9. The number of amides is 1. The molecule has 11 heteroatoms. The summed E-state index contributed by atoms with van der Waals surface area (Å²) in [7, 11) is 0. The summed E-state index contributed by atoms with van der Waals surface area (Å²) in [5, 5.41) is 3.63. The van der Waals surface area contributed by atoms with Crippen molar-refractivity contribution in [2.45, 2.75) is 63.8 Å². The second kappa shape index (κ2) is 11.2. The Morgan fingerprint density at radius 2 is 1.98 bits per heavy atom. The minimum absolute atomic E-state index is 0.0255. The van der Waals surface area contributed by atoms with Crippen LogP contribution in [0.1, 0.15) is 55.7 Å². The first-order chi connectivity index (χ1) is 19.3. The Morgan fingerprint density at radius 3 is 2.73 bits per heavy atom. The van der Waals surface area contributed by atoms with E-state index in [2.05, 4.69) is 5.32 Å². The highest BCUT2D eigenvalue weighted by Crippen LogP contribution is 2.41. The van der Waals surface area contributed by atoms with Gasteiger partial charge < -0.3 is 30.8 Å². The number of benzene rings is 1. The molecule has 0 radical (unpaired) electrons. The zero-order chi connectivity index (χ0) is 28.4. The van der Waals surface area contributed by atoms with Crippen LogP contribution in [0.15, 0.2) is 41.2 Å². The normalized spacial score (nSPS) is 17.9. The maximum Gasteiger partial charge on any atom is 0.355 e. The molecule has 3 aromatic rings. The fraction of sp³-hybridized carbons (Fsp3) is 0.414. The number of pyridine rings is 2. The summed E-state index contributed by atoms with van der Waals surface area (Å²) in [6.45, 7) is 2.33. The lowest BCUT2D eigenvalue weighted by atomic mass is 9.85. The molecule has 5 N–H and O–H groups in total. The monoisotopic (exact) mass is 547 g/mol. The van der Waals surface area contributed by atoms with Gasteiger partial charge >= 0.3 is 11.9 Å². The predicted molar refractivity (Wildman–Crippen MR) is 147 cm³/mol. The summed E-state index contributed by atoms with van der Waals surface area (Å²) >= 11 is 0. The average Bonchev–Trinajstić information content (AvgIpc) is 3.30. The summed E-state index contributed by atoms with van der Waals surface area (Å²) in [4.78, 5) is 57.7. The third-order valence-electron chi connectivity index (χ3n) is 7.60. The Balaban J connectivity index is 1.56. The van der Waals surface area contributed by atoms with Gasteiger partial charge in [0.15, 0.2) is 0 Å². The number of carbonyl (C=O) groups excluding carboxylic acids is 3. The van der Waals surface area contributed by atoms with Crippen molar-refractivity contribution >= 4 is 28.7 Å². The Bertz CT molecular complexity index is 1550. The molecule has 0 aliphatic carbocycles. The van der Waals surface area contributed by atoms with Crippen molar-refractivity contribution in [3.8, 4) is 11.4 Å². The molecule has 2 aliphatic heterocycles. The molecule has 0 saturated carbocycles. The number of para-hydroxylation sites is 1. The zero-order valence-corrected chi connectivity index (χ0v) is 22.4. The number of carbonyl (C=O) groups is 3. The first kappa shape index (κ1) is 27.5. The van der Waals surface area contributed by atoms with Crippen molar-refractivity contribution in [2.24, 2.45) is 11.5 Å². The third-order valence-corrected chi connectivity index (χ3v) is 7.60. The van der Waals surface area contributed by atoms with Crippen LogP contribution in [0.4, 0.5) is 0 Å². The lowest BCUT2D eigenvalue weighted by Gasteiger charge is -2.36. The van der Waals surface area contributed by atoms with Crippen LogP contribution < -0.4 is 22.3 Å². The summed E-state index contributed by atoms with van der Waals surface area (Å²) in [5.41, 5.74) is 12.3. The van der Waals surface area contributed by atoms with Gasteiger partial charge in [-0.1, -0.05) is 25.1 Å². The van der Waals surface area contributed by atoms with E-state index in [0.29, 0.717) is 37.3 Å². The quantitative estimate of drug-likeness (QED) is 0.197. The number of nitrogens with two attached hydrogens (primary N) is 2. The van der Waals surface area contributed by atoms with Crippen molar-refractivity contribution in [1.29, 1.82) is 0 Å². The van der Waals surface area contributed by atoms with E-state index in [1.54, 1.807) is 17.6 Å². The van der Waals surface area contributed by atoms with Crippen LogP contribution in [-0.2, 0) is 42.6 Å². The molecule has 1 amide bonds. The van der Waals surface area contributed by atoms with Gasteiger partial charge in [0.05, 0.1) is 29.0 Å². The summed E-state index contributed by atoms with van der Waals surface area (Å²) in [6, 6.07) is 10.4. The Morgan fingerprint density at radius 1 is 1.18 bits per heavy atom. The minimum Gasteiger partial charge on any atom is -0.457 e. The molecule has 5 rings (SSSR count). The van der Waals surface area contributed by atoms with Crippen LogP contribution in [0.3, 0.4) is 0 Å². The molecule has 1 aromatic carbocycles. The van der Waals surface area contributed by atoms with Gasteiger partial charge in [-0.2, -0.15) is 0 Å². The van der Waals surface area contributed by atoms with Crippen LogP contribution in [0.25, 0.3) is 22.3 Å². The molecule has 4 heterocycles. The lowest BCUT2D eigenvalue weighted by molar-refractivity contribution is -0.191. The van der Waals surface area contributed by atoms with Gasteiger partial charge in [-0.25, -0.2) is 14.6 Å². The van der Waals surface area contributed by atoms with Crippen LogP contribution >= 0.6 is 0 Å². The number of hydrogen-bond donors (Lipinski definition) is 3. The number of cyclic esters (lactones) is 1. The largest absolute Gasteiger partial charge is 0.457 e. The van der Waals surface area contributed by atoms with Crippen LogP contribution in [0.5, 0.6) is 0 Å². The van der Waals surface area contributed by atoms with E-state index >= 15 is 0 Å². The lowest BCUT2D eigenvalue weighted by Crippen LogP contribution is -2.51. The smallest absolute Gasteiger partial charge is 0.355 e. The highest BCUT2D eigenvalue weighted by atomic mass is 16.6. The molecule has 40 heavy (non-hydrogen) atoms.